The van der Waals surface area contributed by atoms with Gasteiger partial charge >= 0.3 is 0 Å². The zero-order chi connectivity index (χ0) is 6.85. The van der Waals surface area contributed by atoms with Crippen LogP contribution >= 0.6 is 0 Å². The number of nitrogens with zero attached hydrogens (tertiary/aromatic N) is 2. The zero-order valence-electron chi connectivity index (χ0n) is 5.55. The van der Waals surface area contributed by atoms with Crippen LogP contribution in [0, 0.1) is 12.3 Å². The number of rotatable bonds is 0. The van der Waals surface area contributed by atoms with E-state index >= 15 is 0 Å². The average molecular weight is 123 g/mol. The molecule has 1 aromatic rings. The summed E-state index contributed by atoms with van der Waals surface area (Å²) in [6.45, 7) is 1.87. The van der Waals surface area contributed by atoms with Crippen molar-refractivity contribution in [2.75, 3.05) is 0 Å². The van der Waals surface area contributed by atoms with Crippen LogP contribution in [0.5, 0.6) is 0 Å². The van der Waals surface area contributed by atoms with Crippen molar-refractivity contribution < 1.29 is 0 Å². The van der Waals surface area contributed by atoms with E-state index in [1.807, 2.05) is 19.2 Å². The molecule has 1 aromatic heterocycles. The molecule has 0 aromatic carbocycles. The minimum atomic E-state index is 0.301. The standard InChI is InChI=1S/C6H9N3/c1-5-3-4-9(2)6(7)8-5/h3-4,7H,1-2H3. The first-order valence-electron chi connectivity index (χ1n) is 2.75. The Morgan fingerprint density at radius 3 is 2.78 bits per heavy atom. The van der Waals surface area contributed by atoms with Crippen LogP contribution < -0.4 is 5.62 Å². The second kappa shape index (κ2) is 2.01. The van der Waals surface area contributed by atoms with Gasteiger partial charge in [-0.25, -0.2) is 4.98 Å². The molecule has 0 saturated heterocycles. The first-order chi connectivity index (χ1) is 4.20. The van der Waals surface area contributed by atoms with Gasteiger partial charge in [0.2, 0.25) is 5.62 Å². The van der Waals surface area contributed by atoms with Gasteiger partial charge in [-0.3, -0.25) is 5.41 Å². The fourth-order valence-corrected chi connectivity index (χ4v) is 0.573. The highest BCUT2D eigenvalue weighted by Gasteiger charge is 1.84. The molecule has 0 bridgehead atoms. The largest absolute Gasteiger partial charge is 0.321 e. The molecule has 0 spiro atoms. The van der Waals surface area contributed by atoms with Crippen LogP contribution in [0.2, 0.25) is 0 Å². The highest BCUT2D eigenvalue weighted by atomic mass is 15.0. The molecule has 3 nitrogen and oxygen atoms in total. The number of aromatic nitrogens is 2. The van der Waals surface area contributed by atoms with Crippen molar-refractivity contribution in [3.8, 4) is 0 Å². The fourth-order valence-electron chi connectivity index (χ4n) is 0.573. The van der Waals surface area contributed by atoms with Crippen molar-refractivity contribution in [3.63, 3.8) is 0 Å². The molecule has 0 unspecified atom stereocenters. The summed E-state index contributed by atoms with van der Waals surface area (Å²) < 4.78 is 1.66. The van der Waals surface area contributed by atoms with Crippen LogP contribution in [0.15, 0.2) is 12.3 Å². The van der Waals surface area contributed by atoms with E-state index < -0.39 is 0 Å². The topological polar surface area (TPSA) is 41.7 Å². The normalized spacial score (nSPS) is 9.56. The summed E-state index contributed by atoms with van der Waals surface area (Å²) in [5.41, 5.74) is 1.19. The third-order valence-corrected chi connectivity index (χ3v) is 1.16. The third-order valence-electron chi connectivity index (χ3n) is 1.16. The molecule has 48 valence electrons. The summed E-state index contributed by atoms with van der Waals surface area (Å²) in [4.78, 5) is 3.90. The van der Waals surface area contributed by atoms with Gasteiger partial charge in [0, 0.05) is 18.9 Å². The lowest BCUT2D eigenvalue weighted by Gasteiger charge is -1.95. The minimum Gasteiger partial charge on any atom is -0.321 e. The minimum absolute atomic E-state index is 0.301. The first-order valence-corrected chi connectivity index (χ1v) is 2.75. The van der Waals surface area contributed by atoms with Crippen LogP contribution in [0.4, 0.5) is 0 Å². The van der Waals surface area contributed by atoms with Gasteiger partial charge in [0.25, 0.3) is 0 Å². The highest BCUT2D eigenvalue weighted by Crippen LogP contribution is 1.81. The Kier molecular flexibility index (Phi) is 1.34. The molecule has 9 heavy (non-hydrogen) atoms. The molecule has 0 aliphatic carbocycles. The van der Waals surface area contributed by atoms with E-state index in [1.165, 1.54) is 0 Å². The van der Waals surface area contributed by atoms with E-state index in [0.29, 0.717) is 5.62 Å². The second-order valence-corrected chi connectivity index (χ2v) is 2.00. The molecule has 1 heterocycles. The molecule has 0 aliphatic rings. The lowest BCUT2D eigenvalue weighted by atomic mass is 10.5. The summed E-state index contributed by atoms with van der Waals surface area (Å²) in [5, 5.41) is 7.21. The smallest absolute Gasteiger partial charge is 0.221 e. The quantitative estimate of drug-likeness (QED) is 0.526. The SMILES string of the molecule is Cc1ccn(C)c(=N)n1. The van der Waals surface area contributed by atoms with Crippen LogP contribution in [0.25, 0.3) is 0 Å². The molecular formula is C6H9N3. The first kappa shape index (κ1) is 6.01. The molecular weight excluding hydrogens is 114 g/mol. The van der Waals surface area contributed by atoms with Crippen molar-refractivity contribution in [1.29, 1.82) is 5.41 Å². The molecule has 0 amide bonds. The Hall–Kier alpha value is -1.12. The predicted molar refractivity (Wildman–Crippen MR) is 33.8 cm³/mol. The number of nitrogens with one attached hydrogen (secondary N) is 1. The summed E-state index contributed by atoms with van der Waals surface area (Å²) in [6, 6.07) is 1.87. The Morgan fingerprint density at radius 2 is 2.33 bits per heavy atom. The summed E-state index contributed by atoms with van der Waals surface area (Å²) in [6.07, 6.45) is 1.82. The second-order valence-electron chi connectivity index (χ2n) is 2.00. The number of hydrogen-bond acceptors (Lipinski definition) is 2. The molecule has 1 N–H and O–H groups in total. The van der Waals surface area contributed by atoms with Crippen molar-refractivity contribution in [1.82, 2.24) is 9.55 Å². The average Bonchev–Trinajstić information content (AvgIpc) is 1.80. The molecule has 0 atom stereocenters. The van der Waals surface area contributed by atoms with Gasteiger partial charge < -0.3 is 4.57 Å². The maximum Gasteiger partial charge on any atom is 0.221 e. The van der Waals surface area contributed by atoms with Crippen molar-refractivity contribution >= 4 is 0 Å². The fraction of sp³-hybridized carbons (Fsp3) is 0.333. The van der Waals surface area contributed by atoms with Crippen molar-refractivity contribution in [2.24, 2.45) is 7.05 Å². The number of hydrogen-bond donors (Lipinski definition) is 1. The van der Waals surface area contributed by atoms with E-state index in [2.05, 4.69) is 4.98 Å². The molecule has 0 saturated carbocycles. The Bertz CT molecular complexity index is 261. The van der Waals surface area contributed by atoms with Gasteiger partial charge in [-0.1, -0.05) is 0 Å². The van der Waals surface area contributed by atoms with Crippen LogP contribution in [-0.2, 0) is 7.05 Å². The van der Waals surface area contributed by atoms with E-state index in [1.54, 1.807) is 11.6 Å². The van der Waals surface area contributed by atoms with Gasteiger partial charge in [-0.05, 0) is 13.0 Å². The van der Waals surface area contributed by atoms with E-state index in [9.17, 15) is 0 Å². The van der Waals surface area contributed by atoms with Crippen LogP contribution in [0.1, 0.15) is 5.69 Å². The highest BCUT2D eigenvalue weighted by molar-refractivity contribution is 4.93. The lowest BCUT2D eigenvalue weighted by molar-refractivity contribution is 0.752. The molecule has 3 heteroatoms. The Balaban J connectivity index is 3.34. The summed E-state index contributed by atoms with van der Waals surface area (Å²) in [7, 11) is 1.80. The van der Waals surface area contributed by atoms with E-state index in [4.69, 9.17) is 5.41 Å². The monoisotopic (exact) mass is 123 g/mol. The third kappa shape index (κ3) is 1.16. The lowest BCUT2D eigenvalue weighted by Crippen LogP contribution is -2.19. The maximum absolute atomic E-state index is 7.21. The Labute approximate surface area is 53.5 Å². The zero-order valence-corrected chi connectivity index (χ0v) is 5.55. The van der Waals surface area contributed by atoms with Crippen LogP contribution in [-0.4, -0.2) is 9.55 Å². The van der Waals surface area contributed by atoms with Gasteiger partial charge in [0.1, 0.15) is 0 Å². The predicted octanol–water partition coefficient (Wildman–Crippen LogP) is 0.208. The van der Waals surface area contributed by atoms with Gasteiger partial charge in [0.15, 0.2) is 0 Å². The molecule has 0 aliphatic heterocycles. The van der Waals surface area contributed by atoms with Crippen molar-refractivity contribution in [3.05, 3.63) is 23.6 Å². The van der Waals surface area contributed by atoms with Crippen LogP contribution in [0.3, 0.4) is 0 Å². The Morgan fingerprint density at radius 1 is 1.67 bits per heavy atom. The van der Waals surface area contributed by atoms with Gasteiger partial charge in [-0.15, -0.1) is 0 Å². The van der Waals surface area contributed by atoms with E-state index in [0.717, 1.165) is 5.69 Å². The number of aryl methyl sites for hydroxylation is 2. The van der Waals surface area contributed by atoms with Gasteiger partial charge in [0.05, 0.1) is 0 Å². The van der Waals surface area contributed by atoms with E-state index in [-0.39, 0.29) is 0 Å². The molecule has 1 rings (SSSR count). The summed E-state index contributed by atoms with van der Waals surface area (Å²) in [5.74, 6) is 0. The maximum atomic E-state index is 7.21. The molecule has 0 fully saturated rings. The molecule has 0 radical (unpaired) electrons. The van der Waals surface area contributed by atoms with Crippen molar-refractivity contribution in [2.45, 2.75) is 6.92 Å². The van der Waals surface area contributed by atoms with Gasteiger partial charge in [-0.2, -0.15) is 0 Å². The summed E-state index contributed by atoms with van der Waals surface area (Å²) >= 11 is 0.